The number of fused-ring (bicyclic) bond motifs is 1. The molecule has 0 saturated heterocycles. The number of nitriles is 1. The van der Waals surface area contributed by atoms with Gasteiger partial charge < -0.3 is 15.0 Å². The molecule has 0 unspecified atom stereocenters. The first kappa shape index (κ1) is 16.3. The van der Waals surface area contributed by atoms with Crippen LogP contribution in [-0.2, 0) is 11.3 Å². The fourth-order valence-electron chi connectivity index (χ4n) is 2.55. The first-order valence-electron chi connectivity index (χ1n) is 7.80. The Kier molecular flexibility index (Phi) is 4.82. The maximum absolute atomic E-state index is 12.3. The number of hydrogen-bond acceptors (Lipinski definition) is 3. The molecule has 0 spiro atoms. The number of amides is 1. The van der Waals surface area contributed by atoms with Gasteiger partial charge in [-0.05, 0) is 29.8 Å². The van der Waals surface area contributed by atoms with E-state index >= 15 is 0 Å². The van der Waals surface area contributed by atoms with Crippen LogP contribution in [0.2, 0.25) is 0 Å². The van der Waals surface area contributed by atoms with Crippen LogP contribution in [-0.4, -0.2) is 18.0 Å². The first-order valence-corrected chi connectivity index (χ1v) is 7.80. The van der Waals surface area contributed by atoms with Gasteiger partial charge in [0.05, 0.1) is 7.11 Å². The number of carbonyl (C=O) groups is 1. The number of methoxy groups -OCH3 is 1. The van der Waals surface area contributed by atoms with Crippen molar-refractivity contribution >= 4 is 22.9 Å². The van der Waals surface area contributed by atoms with Gasteiger partial charge in [-0.2, -0.15) is 5.26 Å². The second-order valence-corrected chi connectivity index (χ2v) is 5.49. The number of aromatic nitrogens is 1. The van der Waals surface area contributed by atoms with Crippen molar-refractivity contribution < 1.29 is 9.53 Å². The van der Waals surface area contributed by atoms with Crippen LogP contribution in [0.15, 0.2) is 60.3 Å². The average Bonchev–Trinajstić information content (AvgIpc) is 3.06. The number of nitrogens with zero attached hydrogens (tertiary/aromatic N) is 1. The zero-order chi connectivity index (χ0) is 17.6. The fourth-order valence-corrected chi connectivity index (χ4v) is 2.55. The Morgan fingerprint density at radius 1 is 1.28 bits per heavy atom. The lowest BCUT2D eigenvalue weighted by Crippen LogP contribution is -2.23. The Hall–Kier alpha value is -3.52. The lowest BCUT2D eigenvalue weighted by molar-refractivity contribution is -0.117. The minimum absolute atomic E-state index is 0.0552. The van der Waals surface area contributed by atoms with Crippen LogP contribution in [0.3, 0.4) is 0 Å². The molecule has 3 rings (SSSR count). The largest absolute Gasteiger partial charge is 0.497 e. The number of carbonyl (C=O) groups excluding carboxylic acids is 1. The maximum atomic E-state index is 12.3. The quantitative estimate of drug-likeness (QED) is 0.555. The van der Waals surface area contributed by atoms with E-state index in [1.807, 2.05) is 54.6 Å². The molecule has 1 heterocycles. The van der Waals surface area contributed by atoms with Gasteiger partial charge in [-0.15, -0.1) is 0 Å². The van der Waals surface area contributed by atoms with Gasteiger partial charge in [-0.3, -0.25) is 4.79 Å². The Morgan fingerprint density at radius 3 is 2.80 bits per heavy atom. The van der Waals surface area contributed by atoms with Gasteiger partial charge in [-0.1, -0.05) is 30.3 Å². The van der Waals surface area contributed by atoms with Crippen molar-refractivity contribution in [1.82, 2.24) is 10.3 Å². The molecule has 0 fully saturated rings. The molecule has 0 bridgehead atoms. The SMILES string of the molecule is COc1ccc2[nH]cc(C=C(C#N)C(=O)NCc3ccccc3)c2c1. The first-order chi connectivity index (χ1) is 12.2. The second kappa shape index (κ2) is 7.37. The van der Waals surface area contributed by atoms with E-state index in [0.717, 1.165) is 22.0 Å². The second-order valence-electron chi connectivity index (χ2n) is 5.49. The van der Waals surface area contributed by atoms with Crippen LogP contribution in [0.5, 0.6) is 5.75 Å². The molecule has 0 aliphatic heterocycles. The molecule has 3 aromatic rings. The molecule has 0 saturated carbocycles. The van der Waals surface area contributed by atoms with E-state index < -0.39 is 5.91 Å². The van der Waals surface area contributed by atoms with E-state index in [1.165, 1.54) is 0 Å². The number of hydrogen-bond donors (Lipinski definition) is 2. The van der Waals surface area contributed by atoms with Crippen LogP contribution in [0, 0.1) is 11.3 Å². The van der Waals surface area contributed by atoms with Crippen LogP contribution < -0.4 is 10.1 Å². The number of benzene rings is 2. The van der Waals surface area contributed by atoms with Crippen LogP contribution >= 0.6 is 0 Å². The number of aromatic amines is 1. The van der Waals surface area contributed by atoms with E-state index in [0.29, 0.717) is 12.3 Å². The van der Waals surface area contributed by atoms with Gasteiger partial charge in [0.25, 0.3) is 5.91 Å². The Balaban J connectivity index is 1.82. The Morgan fingerprint density at radius 2 is 2.08 bits per heavy atom. The number of ether oxygens (including phenoxy) is 1. The van der Waals surface area contributed by atoms with Crippen molar-refractivity contribution in [3.05, 3.63) is 71.4 Å². The molecule has 124 valence electrons. The molecule has 5 heteroatoms. The molecule has 2 N–H and O–H groups in total. The van der Waals surface area contributed by atoms with Crippen molar-refractivity contribution in [2.75, 3.05) is 7.11 Å². The highest BCUT2D eigenvalue weighted by Crippen LogP contribution is 2.25. The van der Waals surface area contributed by atoms with E-state index in [2.05, 4.69) is 10.3 Å². The predicted octanol–water partition coefficient (Wildman–Crippen LogP) is 3.40. The van der Waals surface area contributed by atoms with Gasteiger partial charge in [0.2, 0.25) is 0 Å². The third-order valence-electron chi connectivity index (χ3n) is 3.88. The summed E-state index contributed by atoms with van der Waals surface area (Å²) in [5.41, 5.74) is 2.71. The number of H-pyrrole nitrogens is 1. The van der Waals surface area contributed by atoms with Crippen molar-refractivity contribution in [3.63, 3.8) is 0 Å². The molecule has 1 aromatic heterocycles. The minimum Gasteiger partial charge on any atom is -0.497 e. The average molecular weight is 331 g/mol. The van der Waals surface area contributed by atoms with Crippen molar-refractivity contribution in [3.8, 4) is 11.8 Å². The Bertz CT molecular complexity index is 966. The molecular formula is C20H17N3O2. The summed E-state index contributed by atoms with van der Waals surface area (Å²) in [7, 11) is 1.60. The van der Waals surface area contributed by atoms with Crippen molar-refractivity contribution in [2.45, 2.75) is 6.54 Å². The summed E-state index contributed by atoms with van der Waals surface area (Å²) in [6.07, 6.45) is 3.35. The monoisotopic (exact) mass is 331 g/mol. The summed E-state index contributed by atoms with van der Waals surface area (Å²) in [5.74, 6) is 0.317. The van der Waals surface area contributed by atoms with E-state index in [1.54, 1.807) is 19.4 Å². The Labute approximate surface area is 145 Å². The molecule has 5 nitrogen and oxygen atoms in total. The predicted molar refractivity (Wildman–Crippen MR) is 96.7 cm³/mol. The van der Waals surface area contributed by atoms with Gasteiger partial charge >= 0.3 is 0 Å². The molecule has 0 aliphatic rings. The van der Waals surface area contributed by atoms with Crippen molar-refractivity contribution in [2.24, 2.45) is 0 Å². The highest BCUT2D eigenvalue weighted by atomic mass is 16.5. The third kappa shape index (κ3) is 3.70. The summed E-state index contributed by atoms with van der Waals surface area (Å²) in [6, 6.07) is 17.2. The van der Waals surface area contributed by atoms with Crippen LogP contribution in [0.25, 0.3) is 17.0 Å². The van der Waals surface area contributed by atoms with Crippen LogP contribution in [0.1, 0.15) is 11.1 Å². The summed E-state index contributed by atoms with van der Waals surface area (Å²) in [5, 5.41) is 13.0. The van der Waals surface area contributed by atoms with Gasteiger partial charge in [0.15, 0.2) is 0 Å². The maximum Gasteiger partial charge on any atom is 0.262 e. The molecule has 0 radical (unpaired) electrons. The van der Waals surface area contributed by atoms with E-state index in [-0.39, 0.29) is 5.57 Å². The third-order valence-corrected chi connectivity index (χ3v) is 3.88. The molecule has 0 aliphatic carbocycles. The summed E-state index contributed by atoms with van der Waals surface area (Å²) < 4.78 is 5.23. The smallest absolute Gasteiger partial charge is 0.262 e. The molecule has 2 aromatic carbocycles. The fraction of sp³-hybridized carbons (Fsp3) is 0.100. The summed E-state index contributed by atoms with van der Waals surface area (Å²) >= 11 is 0. The summed E-state index contributed by atoms with van der Waals surface area (Å²) in [4.78, 5) is 15.4. The minimum atomic E-state index is -0.399. The van der Waals surface area contributed by atoms with E-state index in [9.17, 15) is 10.1 Å². The normalized spacial score (nSPS) is 11.1. The zero-order valence-corrected chi connectivity index (χ0v) is 13.7. The molecule has 25 heavy (non-hydrogen) atoms. The lowest BCUT2D eigenvalue weighted by Gasteiger charge is -2.04. The molecule has 1 amide bonds. The van der Waals surface area contributed by atoms with Gasteiger partial charge in [-0.25, -0.2) is 0 Å². The van der Waals surface area contributed by atoms with E-state index in [4.69, 9.17) is 4.74 Å². The standard InChI is InChI=1S/C20H17N3O2/c1-25-17-7-8-19-18(10-17)16(13-22-19)9-15(11-21)20(24)23-12-14-5-3-2-4-6-14/h2-10,13,22H,12H2,1H3,(H,23,24). The highest BCUT2D eigenvalue weighted by Gasteiger charge is 2.11. The van der Waals surface area contributed by atoms with Gasteiger partial charge in [0, 0.05) is 29.2 Å². The van der Waals surface area contributed by atoms with Gasteiger partial charge in [0.1, 0.15) is 17.4 Å². The number of rotatable bonds is 5. The molecule has 0 atom stereocenters. The number of nitrogens with one attached hydrogen (secondary N) is 2. The topological polar surface area (TPSA) is 77.9 Å². The highest BCUT2D eigenvalue weighted by molar-refractivity contribution is 6.04. The zero-order valence-electron chi connectivity index (χ0n) is 13.7. The van der Waals surface area contributed by atoms with Crippen molar-refractivity contribution in [1.29, 1.82) is 5.26 Å². The summed E-state index contributed by atoms with van der Waals surface area (Å²) in [6.45, 7) is 0.375. The molecular weight excluding hydrogens is 314 g/mol. The van der Waals surface area contributed by atoms with Crippen LogP contribution in [0.4, 0.5) is 0 Å². The lowest BCUT2D eigenvalue weighted by atomic mass is 10.1.